The Bertz CT molecular complexity index is 469. The van der Waals surface area contributed by atoms with Crippen molar-refractivity contribution in [3.8, 4) is 0 Å². The molecule has 2 atom stereocenters. The number of nitrogens with zero attached hydrogens (tertiary/aromatic N) is 1. The number of aliphatic carboxylic acids is 1. The Morgan fingerprint density at radius 1 is 1.56 bits per heavy atom. The predicted molar refractivity (Wildman–Crippen MR) is 56.3 cm³/mol. The summed E-state index contributed by atoms with van der Waals surface area (Å²) in [5.74, 6) is -1.53. The molecular weight excluding hydrogens is 210 g/mol. The minimum Gasteiger partial charge on any atom is -0.481 e. The molecule has 1 aromatic carbocycles. The van der Waals surface area contributed by atoms with E-state index in [2.05, 4.69) is 0 Å². The molecule has 0 bridgehead atoms. The van der Waals surface area contributed by atoms with Crippen molar-refractivity contribution >= 4 is 11.7 Å². The fourth-order valence-electron chi connectivity index (χ4n) is 2.04. The lowest BCUT2D eigenvalue weighted by atomic mass is 10.0. The van der Waals surface area contributed by atoms with E-state index in [9.17, 15) is 14.9 Å². The molecule has 84 valence electrons. The standard InChI is InChI=1S/C11H11NO4/c1-6-3-2-4-7(10(6)12(15)16)8-5-9(8)11(13)14/h2-4,8-9H,5H2,1H3,(H,13,14). The molecule has 0 aromatic heterocycles. The largest absolute Gasteiger partial charge is 0.481 e. The maximum Gasteiger partial charge on any atom is 0.307 e. The van der Waals surface area contributed by atoms with Gasteiger partial charge in [-0.25, -0.2) is 0 Å². The van der Waals surface area contributed by atoms with Crippen LogP contribution in [0.3, 0.4) is 0 Å². The second-order valence-corrected chi connectivity index (χ2v) is 4.06. The van der Waals surface area contributed by atoms with E-state index >= 15 is 0 Å². The van der Waals surface area contributed by atoms with Crippen molar-refractivity contribution in [1.82, 2.24) is 0 Å². The third kappa shape index (κ3) is 1.64. The molecule has 0 amide bonds. The van der Waals surface area contributed by atoms with Gasteiger partial charge in [0.15, 0.2) is 0 Å². The lowest BCUT2D eigenvalue weighted by Gasteiger charge is -2.03. The highest BCUT2D eigenvalue weighted by Gasteiger charge is 2.47. The molecule has 5 heteroatoms. The molecule has 1 aliphatic rings. The van der Waals surface area contributed by atoms with E-state index in [1.807, 2.05) is 0 Å². The van der Waals surface area contributed by atoms with Gasteiger partial charge >= 0.3 is 5.97 Å². The van der Waals surface area contributed by atoms with Gasteiger partial charge in [0, 0.05) is 17.0 Å². The van der Waals surface area contributed by atoms with Gasteiger partial charge in [-0.2, -0.15) is 0 Å². The predicted octanol–water partition coefficient (Wildman–Crippen LogP) is 2.09. The summed E-state index contributed by atoms with van der Waals surface area (Å²) in [5.41, 5.74) is 1.20. The maximum absolute atomic E-state index is 10.9. The quantitative estimate of drug-likeness (QED) is 0.626. The first-order chi connectivity index (χ1) is 7.52. The summed E-state index contributed by atoms with van der Waals surface area (Å²) in [6, 6.07) is 5.05. The number of rotatable bonds is 3. The number of nitro benzene ring substituents is 1. The first kappa shape index (κ1) is 10.6. The third-order valence-corrected chi connectivity index (χ3v) is 2.96. The zero-order chi connectivity index (χ0) is 11.9. The van der Waals surface area contributed by atoms with Crippen molar-refractivity contribution < 1.29 is 14.8 Å². The van der Waals surface area contributed by atoms with Gasteiger partial charge in [-0.1, -0.05) is 18.2 Å². The molecule has 2 unspecified atom stereocenters. The van der Waals surface area contributed by atoms with Crippen molar-refractivity contribution in [1.29, 1.82) is 0 Å². The van der Waals surface area contributed by atoms with Gasteiger partial charge in [-0.3, -0.25) is 14.9 Å². The summed E-state index contributed by atoms with van der Waals surface area (Å²) in [6.45, 7) is 1.67. The molecule has 0 aliphatic heterocycles. The van der Waals surface area contributed by atoms with E-state index in [-0.39, 0.29) is 11.6 Å². The molecule has 1 saturated carbocycles. The highest BCUT2D eigenvalue weighted by Crippen LogP contribution is 2.50. The van der Waals surface area contributed by atoms with Crippen LogP contribution in [-0.4, -0.2) is 16.0 Å². The molecule has 0 spiro atoms. The SMILES string of the molecule is Cc1cccc(C2CC2C(=O)O)c1[N+](=O)[O-]. The molecule has 5 nitrogen and oxygen atoms in total. The summed E-state index contributed by atoms with van der Waals surface area (Å²) in [4.78, 5) is 21.2. The lowest BCUT2D eigenvalue weighted by Crippen LogP contribution is -2.02. The molecule has 0 heterocycles. The van der Waals surface area contributed by atoms with Crippen LogP contribution in [0.2, 0.25) is 0 Å². The van der Waals surface area contributed by atoms with E-state index in [1.54, 1.807) is 25.1 Å². The van der Waals surface area contributed by atoms with Gasteiger partial charge in [-0.05, 0) is 13.3 Å². The van der Waals surface area contributed by atoms with Gasteiger partial charge in [0.1, 0.15) is 0 Å². The van der Waals surface area contributed by atoms with Gasteiger partial charge in [0.05, 0.1) is 10.8 Å². The van der Waals surface area contributed by atoms with E-state index in [0.29, 0.717) is 17.5 Å². The summed E-state index contributed by atoms with van der Waals surface area (Å²) in [5, 5.41) is 19.7. The van der Waals surface area contributed by atoms with Gasteiger partial charge in [0.2, 0.25) is 0 Å². The number of aryl methyl sites for hydroxylation is 1. The average Bonchev–Trinajstić information content (AvgIpc) is 2.95. The number of hydrogen-bond acceptors (Lipinski definition) is 3. The Morgan fingerprint density at radius 3 is 2.75 bits per heavy atom. The summed E-state index contributed by atoms with van der Waals surface area (Å²) in [6.07, 6.45) is 0.500. The Kier molecular flexibility index (Phi) is 2.38. The highest BCUT2D eigenvalue weighted by atomic mass is 16.6. The molecule has 1 aromatic rings. The molecule has 1 fully saturated rings. The zero-order valence-corrected chi connectivity index (χ0v) is 8.71. The molecule has 1 N–H and O–H groups in total. The van der Waals surface area contributed by atoms with E-state index < -0.39 is 16.8 Å². The van der Waals surface area contributed by atoms with E-state index in [4.69, 9.17) is 5.11 Å². The Labute approximate surface area is 91.9 Å². The number of benzene rings is 1. The number of carboxylic acid groups (broad SMARTS) is 1. The fraction of sp³-hybridized carbons (Fsp3) is 0.364. The van der Waals surface area contributed by atoms with Crippen LogP contribution in [0, 0.1) is 23.0 Å². The first-order valence-corrected chi connectivity index (χ1v) is 4.99. The van der Waals surface area contributed by atoms with Crippen molar-refractivity contribution in [2.45, 2.75) is 19.3 Å². The van der Waals surface area contributed by atoms with Gasteiger partial charge < -0.3 is 5.11 Å². The number of carbonyl (C=O) groups is 1. The fourth-order valence-corrected chi connectivity index (χ4v) is 2.04. The zero-order valence-electron chi connectivity index (χ0n) is 8.71. The molecule has 2 rings (SSSR count). The second-order valence-electron chi connectivity index (χ2n) is 4.06. The van der Waals surface area contributed by atoms with Crippen molar-refractivity contribution in [2.75, 3.05) is 0 Å². The normalized spacial score (nSPS) is 22.8. The number of carboxylic acids is 1. The average molecular weight is 221 g/mol. The van der Waals surface area contributed by atoms with Crippen molar-refractivity contribution in [3.63, 3.8) is 0 Å². The van der Waals surface area contributed by atoms with Crippen LogP contribution in [0.5, 0.6) is 0 Å². The van der Waals surface area contributed by atoms with Crippen LogP contribution < -0.4 is 0 Å². The Balaban J connectivity index is 2.39. The summed E-state index contributed by atoms with van der Waals surface area (Å²) in [7, 11) is 0. The maximum atomic E-state index is 10.9. The van der Waals surface area contributed by atoms with Gasteiger partial charge in [-0.15, -0.1) is 0 Å². The molecular formula is C11H11NO4. The number of para-hydroxylation sites is 1. The van der Waals surface area contributed by atoms with Crippen LogP contribution in [0.15, 0.2) is 18.2 Å². The minimum absolute atomic E-state index is 0.0660. The molecule has 1 aliphatic carbocycles. The van der Waals surface area contributed by atoms with Crippen LogP contribution in [0.1, 0.15) is 23.5 Å². The Hall–Kier alpha value is -1.91. The summed E-state index contributed by atoms with van der Waals surface area (Å²) >= 11 is 0. The number of hydrogen-bond donors (Lipinski definition) is 1. The second kappa shape index (κ2) is 3.59. The van der Waals surface area contributed by atoms with Gasteiger partial charge in [0.25, 0.3) is 5.69 Å². The molecule has 16 heavy (non-hydrogen) atoms. The highest BCUT2D eigenvalue weighted by molar-refractivity contribution is 5.76. The summed E-state index contributed by atoms with van der Waals surface area (Å²) < 4.78 is 0. The third-order valence-electron chi connectivity index (χ3n) is 2.96. The van der Waals surface area contributed by atoms with Crippen LogP contribution in [-0.2, 0) is 4.79 Å². The first-order valence-electron chi connectivity index (χ1n) is 4.99. The van der Waals surface area contributed by atoms with E-state index in [0.717, 1.165) is 0 Å². The van der Waals surface area contributed by atoms with Crippen LogP contribution >= 0.6 is 0 Å². The van der Waals surface area contributed by atoms with Crippen LogP contribution in [0.4, 0.5) is 5.69 Å². The molecule has 0 saturated heterocycles. The van der Waals surface area contributed by atoms with Crippen LogP contribution in [0.25, 0.3) is 0 Å². The number of nitro groups is 1. The lowest BCUT2D eigenvalue weighted by molar-refractivity contribution is -0.386. The monoisotopic (exact) mass is 221 g/mol. The topological polar surface area (TPSA) is 80.4 Å². The van der Waals surface area contributed by atoms with E-state index in [1.165, 1.54) is 0 Å². The molecule has 0 radical (unpaired) electrons. The Morgan fingerprint density at radius 2 is 2.25 bits per heavy atom. The van der Waals surface area contributed by atoms with Crippen molar-refractivity contribution in [3.05, 3.63) is 39.4 Å². The van der Waals surface area contributed by atoms with Crippen molar-refractivity contribution in [2.24, 2.45) is 5.92 Å². The minimum atomic E-state index is -0.874. The smallest absolute Gasteiger partial charge is 0.307 e.